The van der Waals surface area contributed by atoms with Crippen LogP contribution in [0.25, 0.3) is 16.6 Å². The van der Waals surface area contributed by atoms with Crippen LogP contribution in [-0.2, 0) is 4.79 Å². The minimum Gasteiger partial charge on any atom is -0.497 e. The maximum Gasteiger partial charge on any atom is 0.270 e. The molecule has 0 atom stereocenters. The molecule has 10 nitrogen and oxygen atoms in total. The third kappa shape index (κ3) is 5.41. The summed E-state index contributed by atoms with van der Waals surface area (Å²) in [6.45, 7) is 1.64. The van der Waals surface area contributed by atoms with Gasteiger partial charge in [0, 0.05) is 17.7 Å². The molecule has 0 saturated heterocycles. The zero-order valence-corrected chi connectivity index (χ0v) is 20.2. The van der Waals surface area contributed by atoms with E-state index < -0.39 is 10.8 Å². The first kappa shape index (κ1) is 24.6. The van der Waals surface area contributed by atoms with Gasteiger partial charge in [-0.05, 0) is 43.3 Å². The quantitative estimate of drug-likeness (QED) is 0.127. The molecule has 0 saturated carbocycles. The van der Waals surface area contributed by atoms with E-state index in [-0.39, 0.29) is 17.0 Å². The lowest BCUT2D eigenvalue weighted by Crippen LogP contribution is -2.24. The second-order valence-corrected chi connectivity index (χ2v) is 8.52. The summed E-state index contributed by atoms with van der Waals surface area (Å²) in [7, 11) is 1.56. The number of amides is 1. The number of thioether (sulfide) groups is 1. The van der Waals surface area contributed by atoms with Crippen LogP contribution in [0.4, 0.5) is 5.69 Å². The third-order valence-electron chi connectivity index (χ3n) is 5.23. The number of benzene rings is 3. The second kappa shape index (κ2) is 10.8. The van der Waals surface area contributed by atoms with Crippen molar-refractivity contribution in [2.24, 2.45) is 5.10 Å². The lowest BCUT2D eigenvalue weighted by Gasteiger charge is -2.13. The molecule has 0 unspecified atom stereocenters. The van der Waals surface area contributed by atoms with E-state index in [1.807, 2.05) is 0 Å². The molecule has 1 N–H and O–H groups in total. The number of carbonyl (C=O) groups is 1. The minimum absolute atomic E-state index is 0.0628. The van der Waals surface area contributed by atoms with Crippen molar-refractivity contribution in [3.63, 3.8) is 0 Å². The molecular formula is C25H21N5O5S. The standard InChI is InChI=1S/C25H21N5O5S/c1-16(17-6-5-7-19(14-17)30(33)34)27-28-23(31)15-36-25-26-22-9-4-3-8-21(22)24(32)29(25)18-10-12-20(35-2)13-11-18/h3-14H,15H2,1-2H3,(H,28,31)/b27-16+. The Labute approximate surface area is 209 Å². The summed E-state index contributed by atoms with van der Waals surface area (Å²) in [5.74, 6) is 0.159. The molecule has 1 heterocycles. The summed E-state index contributed by atoms with van der Waals surface area (Å²) < 4.78 is 6.66. The van der Waals surface area contributed by atoms with E-state index in [4.69, 9.17) is 4.74 Å². The van der Waals surface area contributed by atoms with Crippen LogP contribution in [-0.4, -0.2) is 39.0 Å². The number of nitro benzene ring substituents is 1. The lowest BCUT2D eigenvalue weighted by atomic mass is 10.1. The van der Waals surface area contributed by atoms with E-state index >= 15 is 0 Å². The number of carbonyl (C=O) groups excluding carboxylic acids is 1. The molecule has 0 bridgehead atoms. The number of rotatable bonds is 8. The van der Waals surface area contributed by atoms with Gasteiger partial charge in [0.1, 0.15) is 5.75 Å². The number of non-ortho nitro benzene ring substituents is 1. The summed E-state index contributed by atoms with van der Waals surface area (Å²) in [6.07, 6.45) is 0. The average molecular weight is 504 g/mol. The maximum absolute atomic E-state index is 13.3. The van der Waals surface area contributed by atoms with Crippen LogP contribution < -0.4 is 15.7 Å². The van der Waals surface area contributed by atoms with Gasteiger partial charge in [0.25, 0.3) is 17.2 Å². The van der Waals surface area contributed by atoms with Crippen molar-refractivity contribution in [3.05, 3.63) is 98.8 Å². The molecule has 4 aromatic rings. The predicted octanol–water partition coefficient (Wildman–Crippen LogP) is 3.94. The van der Waals surface area contributed by atoms with Crippen LogP contribution in [0.15, 0.2) is 87.8 Å². The van der Waals surface area contributed by atoms with E-state index in [0.29, 0.717) is 38.8 Å². The first-order valence-corrected chi connectivity index (χ1v) is 11.7. The van der Waals surface area contributed by atoms with Crippen molar-refractivity contribution in [3.8, 4) is 11.4 Å². The number of methoxy groups -OCH3 is 1. The summed E-state index contributed by atoms with van der Waals surface area (Å²) in [4.78, 5) is 40.9. The van der Waals surface area contributed by atoms with Crippen LogP contribution in [0, 0.1) is 10.1 Å². The molecule has 11 heteroatoms. The van der Waals surface area contributed by atoms with Gasteiger partial charge < -0.3 is 4.74 Å². The molecular weight excluding hydrogens is 482 g/mol. The number of fused-ring (bicyclic) bond motifs is 1. The number of hydrazone groups is 1. The SMILES string of the molecule is COc1ccc(-n2c(SCC(=O)N/N=C(\C)c3cccc([N+](=O)[O-])c3)nc3ccccc3c2=O)cc1. The highest BCUT2D eigenvalue weighted by molar-refractivity contribution is 7.99. The number of nitro groups is 1. The van der Waals surface area contributed by atoms with Gasteiger partial charge in [-0.25, -0.2) is 10.4 Å². The zero-order valence-electron chi connectivity index (χ0n) is 19.4. The fraction of sp³-hybridized carbons (Fsp3) is 0.120. The topological polar surface area (TPSA) is 129 Å². The van der Waals surface area contributed by atoms with Crippen LogP contribution >= 0.6 is 11.8 Å². The van der Waals surface area contributed by atoms with Crippen LogP contribution in [0.1, 0.15) is 12.5 Å². The number of hydrogen-bond acceptors (Lipinski definition) is 8. The van der Waals surface area contributed by atoms with Gasteiger partial charge in [0.2, 0.25) is 0 Å². The smallest absolute Gasteiger partial charge is 0.270 e. The molecule has 4 rings (SSSR count). The van der Waals surface area contributed by atoms with Crippen molar-refractivity contribution < 1.29 is 14.5 Å². The van der Waals surface area contributed by atoms with E-state index in [2.05, 4.69) is 15.5 Å². The Morgan fingerprint density at radius 2 is 1.89 bits per heavy atom. The van der Waals surface area contributed by atoms with Crippen LogP contribution in [0.2, 0.25) is 0 Å². The Kier molecular flexibility index (Phi) is 7.40. The lowest BCUT2D eigenvalue weighted by molar-refractivity contribution is -0.384. The molecule has 1 aromatic heterocycles. The fourth-order valence-corrected chi connectivity index (χ4v) is 4.19. The Bertz CT molecular complexity index is 1530. The summed E-state index contributed by atoms with van der Waals surface area (Å²) in [5, 5.41) is 15.8. The van der Waals surface area contributed by atoms with Gasteiger partial charge >= 0.3 is 0 Å². The van der Waals surface area contributed by atoms with Crippen LogP contribution in [0.5, 0.6) is 5.75 Å². The Morgan fingerprint density at radius 3 is 2.61 bits per heavy atom. The molecule has 0 fully saturated rings. The molecule has 0 radical (unpaired) electrons. The Hall–Kier alpha value is -4.51. The molecule has 182 valence electrons. The molecule has 0 aliphatic rings. The minimum atomic E-state index is -0.495. The van der Waals surface area contributed by atoms with Crippen molar-refractivity contribution in [1.29, 1.82) is 0 Å². The van der Waals surface area contributed by atoms with E-state index in [1.54, 1.807) is 74.7 Å². The number of para-hydroxylation sites is 1. The zero-order chi connectivity index (χ0) is 25.7. The first-order valence-electron chi connectivity index (χ1n) is 10.7. The number of nitrogens with one attached hydrogen (secondary N) is 1. The highest BCUT2D eigenvalue weighted by atomic mass is 32.2. The third-order valence-corrected chi connectivity index (χ3v) is 6.17. The van der Waals surface area contributed by atoms with Crippen molar-refractivity contribution in [2.45, 2.75) is 12.1 Å². The van der Waals surface area contributed by atoms with E-state index in [0.717, 1.165) is 11.8 Å². The number of nitrogens with zero attached hydrogens (tertiary/aromatic N) is 4. The van der Waals surface area contributed by atoms with Crippen molar-refractivity contribution >= 4 is 40.0 Å². The van der Waals surface area contributed by atoms with E-state index in [9.17, 15) is 19.7 Å². The average Bonchev–Trinajstić information content (AvgIpc) is 2.90. The number of hydrogen-bond donors (Lipinski definition) is 1. The largest absolute Gasteiger partial charge is 0.497 e. The second-order valence-electron chi connectivity index (χ2n) is 7.58. The molecule has 0 spiro atoms. The molecule has 36 heavy (non-hydrogen) atoms. The van der Waals surface area contributed by atoms with E-state index in [1.165, 1.54) is 16.7 Å². The van der Waals surface area contributed by atoms with Crippen molar-refractivity contribution in [1.82, 2.24) is 15.0 Å². The fourth-order valence-electron chi connectivity index (χ4n) is 3.39. The Morgan fingerprint density at radius 1 is 1.14 bits per heavy atom. The maximum atomic E-state index is 13.3. The van der Waals surface area contributed by atoms with Gasteiger partial charge in [-0.2, -0.15) is 5.10 Å². The van der Waals surface area contributed by atoms with Gasteiger partial charge in [-0.1, -0.05) is 36.0 Å². The first-order chi connectivity index (χ1) is 17.4. The normalized spacial score (nSPS) is 11.3. The highest BCUT2D eigenvalue weighted by Gasteiger charge is 2.15. The summed E-state index contributed by atoms with van der Waals surface area (Å²) in [6, 6.07) is 20.0. The molecule has 1 amide bonds. The number of ether oxygens (including phenoxy) is 1. The van der Waals surface area contributed by atoms with Gasteiger partial charge in [-0.3, -0.25) is 24.3 Å². The van der Waals surface area contributed by atoms with Gasteiger partial charge in [0.15, 0.2) is 5.16 Å². The monoisotopic (exact) mass is 503 g/mol. The number of aromatic nitrogens is 2. The summed E-state index contributed by atoms with van der Waals surface area (Å²) in [5.41, 5.74) is 4.17. The van der Waals surface area contributed by atoms with Crippen LogP contribution in [0.3, 0.4) is 0 Å². The Balaban J connectivity index is 1.56. The molecule has 0 aliphatic carbocycles. The highest BCUT2D eigenvalue weighted by Crippen LogP contribution is 2.23. The van der Waals surface area contributed by atoms with Gasteiger partial charge in [-0.15, -0.1) is 0 Å². The predicted molar refractivity (Wildman–Crippen MR) is 138 cm³/mol. The summed E-state index contributed by atoms with van der Waals surface area (Å²) >= 11 is 1.09. The van der Waals surface area contributed by atoms with Crippen molar-refractivity contribution in [2.75, 3.05) is 12.9 Å². The van der Waals surface area contributed by atoms with Gasteiger partial charge in [0.05, 0.1) is 40.1 Å². The molecule has 3 aromatic carbocycles. The molecule has 0 aliphatic heterocycles.